The van der Waals surface area contributed by atoms with Gasteiger partial charge in [0.25, 0.3) is 5.91 Å². The summed E-state index contributed by atoms with van der Waals surface area (Å²) >= 11 is 1.54. The topological polar surface area (TPSA) is 91.3 Å². The summed E-state index contributed by atoms with van der Waals surface area (Å²) in [4.78, 5) is 20.7. The van der Waals surface area contributed by atoms with Crippen LogP contribution in [0.25, 0.3) is 10.4 Å². The molecule has 0 spiro atoms. The van der Waals surface area contributed by atoms with Crippen LogP contribution >= 0.6 is 11.3 Å². The van der Waals surface area contributed by atoms with Gasteiger partial charge in [0.1, 0.15) is 17.0 Å². The fourth-order valence-electron chi connectivity index (χ4n) is 4.79. The zero-order chi connectivity index (χ0) is 20.0. The number of pyridine rings is 1. The molecule has 0 saturated carbocycles. The van der Waals surface area contributed by atoms with E-state index in [4.69, 9.17) is 4.74 Å². The number of H-pyrrole nitrogens is 1. The highest BCUT2D eigenvalue weighted by Gasteiger charge is 2.51. The molecule has 8 heteroatoms. The smallest absolute Gasteiger partial charge is 0.255 e. The van der Waals surface area contributed by atoms with Crippen molar-refractivity contribution >= 4 is 17.2 Å². The molecule has 150 valence electrons. The number of methoxy groups -OCH3 is 1. The number of aromatic amines is 1. The number of aliphatic hydroxyl groups is 1. The number of aromatic nitrogens is 3. The van der Waals surface area contributed by atoms with Gasteiger partial charge in [-0.15, -0.1) is 11.3 Å². The molecule has 29 heavy (non-hydrogen) atoms. The van der Waals surface area contributed by atoms with Crippen molar-refractivity contribution in [3.63, 3.8) is 0 Å². The number of hydrogen-bond donors (Lipinski definition) is 2. The zero-order valence-electron chi connectivity index (χ0n) is 16.0. The van der Waals surface area contributed by atoms with Gasteiger partial charge in [0.15, 0.2) is 0 Å². The van der Waals surface area contributed by atoms with Gasteiger partial charge in [0.05, 0.1) is 18.9 Å². The Labute approximate surface area is 172 Å². The van der Waals surface area contributed by atoms with Crippen molar-refractivity contribution in [2.75, 3.05) is 7.11 Å². The van der Waals surface area contributed by atoms with Crippen LogP contribution in [0.3, 0.4) is 0 Å². The average Bonchev–Trinajstić information content (AvgIpc) is 3.47. The second kappa shape index (κ2) is 6.96. The van der Waals surface area contributed by atoms with Crippen LogP contribution in [0, 0.1) is 0 Å². The van der Waals surface area contributed by atoms with E-state index < -0.39 is 5.60 Å². The normalized spacial score (nSPS) is 25.9. The maximum Gasteiger partial charge on any atom is 0.255 e. The second-order valence-electron chi connectivity index (χ2n) is 7.78. The van der Waals surface area contributed by atoms with Crippen molar-refractivity contribution in [1.29, 1.82) is 0 Å². The Kier molecular flexibility index (Phi) is 4.40. The van der Waals surface area contributed by atoms with Crippen LogP contribution < -0.4 is 4.74 Å². The summed E-state index contributed by atoms with van der Waals surface area (Å²) in [6.45, 7) is 0. The van der Waals surface area contributed by atoms with Gasteiger partial charge in [0.2, 0.25) is 0 Å². The monoisotopic (exact) mass is 410 g/mol. The quantitative estimate of drug-likeness (QED) is 0.689. The van der Waals surface area contributed by atoms with Crippen LogP contribution in [-0.2, 0) is 5.60 Å². The number of piperidine rings is 1. The van der Waals surface area contributed by atoms with Crippen molar-refractivity contribution in [3.8, 4) is 16.2 Å². The first-order chi connectivity index (χ1) is 14.1. The van der Waals surface area contributed by atoms with E-state index >= 15 is 0 Å². The van der Waals surface area contributed by atoms with Gasteiger partial charge in [0, 0.05) is 53.1 Å². The molecule has 2 aliphatic heterocycles. The van der Waals surface area contributed by atoms with Crippen molar-refractivity contribution in [2.24, 2.45) is 0 Å². The molecule has 5 rings (SSSR count). The maximum atomic E-state index is 13.3. The number of nitrogens with zero attached hydrogens (tertiary/aromatic N) is 3. The molecular formula is C21H22N4O3S. The van der Waals surface area contributed by atoms with E-state index in [1.54, 1.807) is 36.9 Å². The molecule has 0 aliphatic carbocycles. The summed E-state index contributed by atoms with van der Waals surface area (Å²) in [6, 6.07) is 5.54. The number of thiophene rings is 1. The Bertz CT molecular complexity index is 1020. The first kappa shape index (κ1) is 18.3. The number of carbonyl (C=O) groups excluding carboxylic acids is 1. The molecule has 2 unspecified atom stereocenters. The van der Waals surface area contributed by atoms with Gasteiger partial charge in [-0.2, -0.15) is 5.10 Å². The predicted molar refractivity (Wildman–Crippen MR) is 109 cm³/mol. The van der Waals surface area contributed by atoms with Gasteiger partial charge in [-0.25, -0.2) is 0 Å². The molecular weight excluding hydrogens is 388 g/mol. The Morgan fingerprint density at radius 2 is 2.17 bits per heavy atom. The third kappa shape index (κ3) is 3.03. The van der Waals surface area contributed by atoms with Crippen LogP contribution in [0.15, 0.2) is 42.2 Å². The fraction of sp³-hybridized carbons (Fsp3) is 0.381. The Morgan fingerprint density at radius 1 is 1.38 bits per heavy atom. The van der Waals surface area contributed by atoms with Crippen LogP contribution in [0.1, 0.15) is 41.7 Å². The SMILES string of the molecule is COc1cccnc1C1(O)CC2CCC(C1)N2C(=O)c1csc(-c2cn[nH]c2)c1. The van der Waals surface area contributed by atoms with Gasteiger partial charge in [-0.1, -0.05) is 0 Å². The van der Waals surface area contributed by atoms with E-state index in [0.717, 1.165) is 23.3 Å². The first-order valence-electron chi connectivity index (χ1n) is 9.71. The molecule has 0 aromatic carbocycles. The third-order valence-electron chi connectivity index (χ3n) is 6.06. The molecule has 0 radical (unpaired) electrons. The van der Waals surface area contributed by atoms with Crippen molar-refractivity contribution < 1.29 is 14.6 Å². The molecule has 2 saturated heterocycles. The lowest BCUT2D eigenvalue weighted by atomic mass is 9.82. The average molecular weight is 410 g/mol. The molecule has 1 amide bonds. The highest BCUT2D eigenvalue weighted by atomic mass is 32.1. The minimum atomic E-state index is -1.08. The van der Waals surface area contributed by atoms with Crippen LogP contribution in [0.2, 0.25) is 0 Å². The first-order valence-corrected chi connectivity index (χ1v) is 10.6. The zero-order valence-corrected chi connectivity index (χ0v) is 16.9. The molecule has 3 aromatic rings. The standard InChI is InChI=1S/C21H22N4O3S/c1-28-17-3-2-6-22-19(17)21(27)8-15-4-5-16(9-21)25(15)20(26)13-7-18(29-12-13)14-10-23-24-11-14/h2-3,6-7,10-12,15-16,27H,4-5,8-9H2,1H3,(H,23,24). The molecule has 2 atom stereocenters. The molecule has 5 heterocycles. The minimum Gasteiger partial charge on any atom is -0.495 e. The van der Waals surface area contributed by atoms with Gasteiger partial charge < -0.3 is 14.7 Å². The number of hydrogen-bond acceptors (Lipinski definition) is 6. The van der Waals surface area contributed by atoms with E-state index in [0.29, 0.717) is 29.8 Å². The minimum absolute atomic E-state index is 0.00441. The van der Waals surface area contributed by atoms with Crippen molar-refractivity contribution in [3.05, 3.63) is 53.4 Å². The molecule has 3 aromatic heterocycles. The fourth-order valence-corrected chi connectivity index (χ4v) is 5.65. The number of fused-ring (bicyclic) bond motifs is 2. The summed E-state index contributed by atoms with van der Waals surface area (Å²) in [5, 5.41) is 20.1. The Balaban J connectivity index is 1.40. The van der Waals surface area contributed by atoms with Crippen LogP contribution in [0.4, 0.5) is 0 Å². The summed E-state index contributed by atoms with van der Waals surface area (Å²) < 4.78 is 5.43. The Hall–Kier alpha value is -2.71. The molecule has 7 nitrogen and oxygen atoms in total. The van der Waals surface area contributed by atoms with Crippen molar-refractivity contribution in [2.45, 2.75) is 43.4 Å². The lowest BCUT2D eigenvalue weighted by molar-refractivity contribution is -0.0520. The van der Waals surface area contributed by atoms with Gasteiger partial charge >= 0.3 is 0 Å². The number of rotatable bonds is 4. The maximum absolute atomic E-state index is 13.3. The van der Waals surface area contributed by atoms with Crippen molar-refractivity contribution in [1.82, 2.24) is 20.1 Å². The van der Waals surface area contributed by atoms with E-state index in [-0.39, 0.29) is 18.0 Å². The highest BCUT2D eigenvalue weighted by Crippen LogP contribution is 2.47. The summed E-state index contributed by atoms with van der Waals surface area (Å²) in [7, 11) is 1.59. The second-order valence-corrected chi connectivity index (χ2v) is 8.69. The summed E-state index contributed by atoms with van der Waals surface area (Å²) in [5.74, 6) is 0.635. The number of carbonyl (C=O) groups is 1. The molecule has 2 bridgehead atoms. The lowest BCUT2D eigenvalue weighted by Crippen LogP contribution is -2.52. The summed E-state index contributed by atoms with van der Waals surface area (Å²) in [6.07, 6.45) is 8.00. The van der Waals surface area contributed by atoms with E-state index in [9.17, 15) is 9.90 Å². The molecule has 2 fully saturated rings. The summed E-state index contributed by atoms with van der Waals surface area (Å²) in [5.41, 5.74) is 1.17. The largest absolute Gasteiger partial charge is 0.495 e. The molecule has 2 N–H and O–H groups in total. The lowest BCUT2D eigenvalue weighted by Gasteiger charge is -2.43. The highest BCUT2D eigenvalue weighted by molar-refractivity contribution is 7.13. The number of nitrogens with one attached hydrogen (secondary N) is 1. The number of ether oxygens (including phenoxy) is 1. The Morgan fingerprint density at radius 3 is 2.86 bits per heavy atom. The van der Waals surface area contributed by atoms with Gasteiger partial charge in [-0.3, -0.25) is 14.9 Å². The third-order valence-corrected chi connectivity index (χ3v) is 7.04. The van der Waals surface area contributed by atoms with Crippen LogP contribution in [-0.4, -0.2) is 50.3 Å². The number of amides is 1. The van der Waals surface area contributed by atoms with Gasteiger partial charge in [-0.05, 0) is 31.0 Å². The molecule has 2 aliphatic rings. The van der Waals surface area contributed by atoms with E-state index in [1.165, 1.54) is 0 Å². The van der Waals surface area contributed by atoms with E-state index in [1.807, 2.05) is 28.6 Å². The van der Waals surface area contributed by atoms with Crippen LogP contribution in [0.5, 0.6) is 5.75 Å². The predicted octanol–water partition coefficient (Wildman–Crippen LogP) is 3.20. The van der Waals surface area contributed by atoms with E-state index in [2.05, 4.69) is 15.2 Å².